The van der Waals surface area contributed by atoms with E-state index in [1.54, 1.807) is 0 Å². The van der Waals surface area contributed by atoms with Crippen LogP contribution in [0.15, 0.2) is 16.9 Å². The molecule has 0 saturated heterocycles. The Morgan fingerprint density at radius 2 is 2.18 bits per heavy atom. The molecule has 0 aliphatic carbocycles. The van der Waals surface area contributed by atoms with Crippen molar-refractivity contribution in [2.24, 2.45) is 0 Å². The SMILES string of the molecule is CCCC[C@H](NC(=O)c1ccc(=O)n(CCOC)n1)C(=O)O. The monoisotopic (exact) mass is 311 g/mol. The van der Waals surface area contributed by atoms with Crippen molar-refractivity contribution in [3.05, 3.63) is 28.2 Å². The fourth-order valence-corrected chi connectivity index (χ4v) is 1.81. The Morgan fingerprint density at radius 1 is 1.45 bits per heavy atom. The molecule has 1 aromatic rings. The third-order valence-corrected chi connectivity index (χ3v) is 3.06. The van der Waals surface area contributed by atoms with Gasteiger partial charge in [0.15, 0.2) is 0 Å². The van der Waals surface area contributed by atoms with Crippen LogP contribution in [0.1, 0.15) is 36.7 Å². The van der Waals surface area contributed by atoms with Gasteiger partial charge in [-0.25, -0.2) is 9.48 Å². The number of hydrogen-bond donors (Lipinski definition) is 2. The van der Waals surface area contributed by atoms with Crippen molar-refractivity contribution in [1.29, 1.82) is 0 Å². The molecule has 0 bridgehead atoms. The largest absolute Gasteiger partial charge is 0.480 e. The minimum Gasteiger partial charge on any atom is -0.480 e. The number of amides is 1. The van der Waals surface area contributed by atoms with Crippen molar-refractivity contribution in [3.8, 4) is 0 Å². The van der Waals surface area contributed by atoms with Crippen LogP contribution in [-0.4, -0.2) is 46.5 Å². The summed E-state index contributed by atoms with van der Waals surface area (Å²) in [5.74, 6) is -1.70. The highest BCUT2D eigenvalue weighted by atomic mass is 16.5. The van der Waals surface area contributed by atoms with Gasteiger partial charge in [-0.1, -0.05) is 19.8 Å². The first-order valence-corrected chi connectivity index (χ1v) is 7.10. The summed E-state index contributed by atoms with van der Waals surface area (Å²) in [6, 6.07) is 1.53. The van der Waals surface area contributed by atoms with Crippen LogP contribution >= 0.6 is 0 Å². The molecule has 8 heteroatoms. The average molecular weight is 311 g/mol. The molecule has 0 unspecified atom stereocenters. The third-order valence-electron chi connectivity index (χ3n) is 3.06. The molecule has 0 aliphatic rings. The number of nitrogens with zero attached hydrogens (tertiary/aromatic N) is 2. The highest BCUT2D eigenvalue weighted by Gasteiger charge is 2.21. The first-order valence-electron chi connectivity index (χ1n) is 7.10. The summed E-state index contributed by atoms with van der Waals surface area (Å²) >= 11 is 0. The van der Waals surface area contributed by atoms with E-state index < -0.39 is 17.9 Å². The first-order chi connectivity index (χ1) is 10.5. The molecule has 0 aliphatic heterocycles. The highest BCUT2D eigenvalue weighted by Crippen LogP contribution is 2.02. The molecule has 122 valence electrons. The Bertz CT molecular complexity index is 570. The predicted molar refractivity (Wildman–Crippen MR) is 78.8 cm³/mol. The number of ether oxygens (including phenoxy) is 1. The third kappa shape index (κ3) is 5.28. The number of hydrogen-bond acceptors (Lipinski definition) is 5. The molecule has 8 nitrogen and oxygen atoms in total. The lowest BCUT2D eigenvalue weighted by atomic mass is 10.1. The Balaban J connectivity index is 2.83. The van der Waals surface area contributed by atoms with Gasteiger partial charge in [0.2, 0.25) is 0 Å². The van der Waals surface area contributed by atoms with Crippen LogP contribution in [0.25, 0.3) is 0 Å². The maximum Gasteiger partial charge on any atom is 0.326 e. The van der Waals surface area contributed by atoms with E-state index in [9.17, 15) is 14.4 Å². The van der Waals surface area contributed by atoms with Crippen LogP contribution in [0.5, 0.6) is 0 Å². The zero-order valence-electron chi connectivity index (χ0n) is 12.7. The predicted octanol–water partition coefficient (Wildman–Crippen LogP) is 0.263. The number of rotatable bonds is 9. The standard InChI is InChI=1S/C14H21N3O5/c1-3-4-5-11(14(20)21)15-13(19)10-6-7-12(18)17(16-10)8-9-22-2/h6-7,11H,3-5,8-9H2,1-2H3,(H,15,19)(H,20,21)/t11-/m0/s1. The summed E-state index contributed by atoms with van der Waals surface area (Å²) in [4.78, 5) is 34.8. The normalized spacial score (nSPS) is 11.9. The van der Waals surface area contributed by atoms with Crippen LogP contribution in [0.4, 0.5) is 0 Å². The second-order valence-electron chi connectivity index (χ2n) is 4.78. The Kier molecular flexibility index (Phi) is 7.24. The molecular weight excluding hydrogens is 290 g/mol. The lowest BCUT2D eigenvalue weighted by molar-refractivity contribution is -0.139. The summed E-state index contributed by atoms with van der Waals surface area (Å²) in [5.41, 5.74) is -0.354. The molecule has 1 amide bonds. The van der Waals surface area contributed by atoms with E-state index in [2.05, 4.69) is 10.4 Å². The van der Waals surface area contributed by atoms with Crippen LogP contribution in [0, 0.1) is 0 Å². The van der Waals surface area contributed by atoms with Crippen LogP contribution in [0.2, 0.25) is 0 Å². The van der Waals surface area contributed by atoms with Crippen molar-refractivity contribution in [2.45, 2.75) is 38.8 Å². The van der Waals surface area contributed by atoms with Gasteiger partial charge in [-0.2, -0.15) is 5.10 Å². The van der Waals surface area contributed by atoms with Crippen molar-refractivity contribution < 1.29 is 19.4 Å². The number of aliphatic carboxylic acids is 1. The van der Waals surface area contributed by atoms with Gasteiger partial charge in [0, 0.05) is 13.2 Å². The number of carboxylic acids is 1. The fraction of sp³-hybridized carbons (Fsp3) is 0.571. The molecule has 0 fully saturated rings. The number of carbonyl (C=O) groups is 2. The molecule has 1 atom stereocenters. The molecule has 0 saturated carbocycles. The summed E-state index contributed by atoms with van der Waals surface area (Å²) < 4.78 is 5.97. The zero-order valence-corrected chi connectivity index (χ0v) is 12.7. The Hall–Kier alpha value is -2.22. The van der Waals surface area contributed by atoms with Gasteiger partial charge in [0.1, 0.15) is 11.7 Å². The lowest BCUT2D eigenvalue weighted by Gasteiger charge is -2.14. The highest BCUT2D eigenvalue weighted by molar-refractivity contribution is 5.94. The van der Waals surface area contributed by atoms with E-state index in [1.807, 2.05) is 6.92 Å². The number of carbonyl (C=O) groups excluding carboxylic acids is 1. The Labute approximate surface area is 128 Å². The average Bonchev–Trinajstić information content (AvgIpc) is 2.50. The van der Waals surface area contributed by atoms with Crippen LogP contribution < -0.4 is 10.9 Å². The van der Waals surface area contributed by atoms with E-state index in [-0.39, 0.29) is 24.4 Å². The van der Waals surface area contributed by atoms with Crippen molar-refractivity contribution in [3.63, 3.8) is 0 Å². The maximum absolute atomic E-state index is 12.1. The number of aromatic nitrogens is 2. The molecule has 0 aromatic carbocycles. The fourth-order valence-electron chi connectivity index (χ4n) is 1.81. The second kappa shape index (κ2) is 8.93. The second-order valence-corrected chi connectivity index (χ2v) is 4.78. The van der Waals surface area contributed by atoms with Gasteiger partial charge in [0.05, 0.1) is 13.2 Å². The molecule has 0 radical (unpaired) electrons. The van der Waals surface area contributed by atoms with Gasteiger partial charge in [-0.15, -0.1) is 0 Å². The summed E-state index contributed by atoms with van der Waals surface area (Å²) in [6.45, 7) is 2.44. The van der Waals surface area contributed by atoms with E-state index in [0.29, 0.717) is 12.8 Å². The minimum atomic E-state index is -1.09. The van der Waals surface area contributed by atoms with Crippen molar-refractivity contribution in [1.82, 2.24) is 15.1 Å². The minimum absolute atomic E-state index is 0.00143. The van der Waals surface area contributed by atoms with E-state index in [0.717, 1.165) is 11.1 Å². The van der Waals surface area contributed by atoms with E-state index in [4.69, 9.17) is 9.84 Å². The van der Waals surface area contributed by atoms with E-state index in [1.165, 1.54) is 19.2 Å². The smallest absolute Gasteiger partial charge is 0.326 e. The lowest BCUT2D eigenvalue weighted by Crippen LogP contribution is -2.41. The number of nitrogens with one attached hydrogen (secondary N) is 1. The van der Waals surface area contributed by atoms with Crippen LogP contribution in [-0.2, 0) is 16.1 Å². The van der Waals surface area contributed by atoms with Gasteiger partial charge in [-0.05, 0) is 12.5 Å². The van der Waals surface area contributed by atoms with Crippen molar-refractivity contribution in [2.75, 3.05) is 13.7 Å². The van der Waals surface area contributed by atoms with Gasteiger partial charge >= 0.3 is 5.97 Å². The van der Waals surface area contributed by atoms with Gasteiger partial charge in [-0.3, -0.25) is 9.59 Å². The Morgan fingerprint density at radius 3 is 2.77 bits per heavy atom. The first kappa shape index (κ1) is 17.8. The quantitative estimate of drug-likeness (QED) is 0.677. The molecule has 1 heterocycles. The molecule has 1 rings (SSSR count). The molecule has 0 spiro atoms. The number of carboxylic acid groups (broad SMARTS) is 1. The zero-order chi connectivity index (χ0) is 16.5. The van der Waals surface area contributed by atoms with Gasteiger partial charge < -0.3 is 15.2 Å². The van der Waals surface area contributed by atoms with Crippen LogP contribution in [0.3, 0.4) is 0 Å². The summed E-state index contributed by atoms with van der Waals surface area (Å²) in [7, 11) is 1.49. The summed E-state index contributed by atoms with van der Waals surface area (Å²) in [5, 5.41) is 15.4. The molecule has 22 heavy (non-hydrogen) atoms. The summed E-state index contributed by atoms with van der Waals surface area (Å²) in [6.07, 6.45) is 1.87. The number of methoxy groups -OCH3 is 1. The van der Waals surface area contributed by atoms with E-state index >= 15 is 0 Å². The molecule has 2 N–H and O–H groups in total. The number of unbranched alkanes of at least 4 members (excludes halogenated alkanes) is 1. The molecular formula is C14H21N3O5. The van der Waals surface area contributed by atoms with Crippen molar-refractivity contribution >= 4 is 11.9 Å². The topological polar surface area (TPSA) is 111 Å². The maximum atomic E-state index is 12.1. The van der Waals surface area contributed by atoms with Gasteiger partial charge in [0.25, 0.3) is 11.5 Å². The molecule has 1 aromatic heterocycles.